The quantitative estimate of drug-likeness (QED) is 0.589. The minimum atomic E-state index is -1.17. The van der Waals surface area contributed by atoms with Gasteiger partial charge in [-0.2, -0.15) is 0 Å². The number of aldehydes is 1. The van der Waals surface area contributed by atoms with E-state index in [1.807, 2.05) is 0 Å². The van der Waals surface area contributed by atoms with E-state index >= 15 is 0 Å². The molecule has 0 fully saturated rings. The third kappa shape index (κ3) is 2.26. The van der Waals surface area contributed by atoms with Crippen molar-refractivity contribution < 1.29 is 19.1 Å². The van der Waals surface area contributed by atoms with E-state index in [1.165, 1.54) is 18.2 Å². The first-order valence-electron chi connectivity index (χ1n) is 3.80. The topological polar surface area (TPSA) is 54.4 Å². The lowest BCUT2D eigenvalue weighted by Gasteiger charge is -1.97. The highest BCUT2D eigenvalue weighted by Gasteiger charge is 2.04. The lowest BCUT2D eigenvalue weighted by atomic mass is 10.1. The number of benzene rings is 1. The Balaban J connectivity index is 3.09. The van der Waals surface area contributed by atoms with E-state index in [-0.39, 0.29) is 11.1 Å². The molecule has 0 bridgehead atoms. The van der Waals surface area contributed by atoms with E-state index in [0.717, 1.165) is 12.2 Å². The molecule has 0 atom stereocenters. The largest absolute Gasteiger partial charge is 0.478 e. The Bertz CT molecular complexity index is 396. The summed E-state index contributed by atoms with van der Waals surface area (Å²) in [7, 11) is 0. The second-order valence-electron chi connectivity index (χ2n) is 2.54. The van der Waals surface area contributed by atoms with Crippen LogP contribution in [0.2, 0.25) is 0 Å². The zero-order valence-electron chi connectivity index (χ0n) is 7.11. The van der Waals surface area contributed by atoms with Gasteiger partial charge in [-0.1, -0.05) is 12.1 Å². The Hall–Kier alpha value is -1.97. The van der Waals surface area contributed by atoms with E-state index in [4.69, 9.17) is 5.11 Å². The van der Waals surface area contributed by atoms with Crippen LogP contribution < -0.4 is 0 Å². The van der Waals surface area contributed by atoms with Crippen LogP contribution in [-0.2, 0) is 4.79 Å². The van der Waals surface area contributed by atoms with Crippen molar-refractivity contribution in [2.24, 2.45) is 0 Å². The molecule has 0 unspecified atom stereocenters. The van der Waals surface area contributed by atoms with Crippen LogP contribution in [0.15, 0.2) is 24.3 Å². The summed E-state index contributed by atoms with van der Waals surface area (Å²) in [6, 6.07) is 4.19. The lowest BCUT2D eigenvalue weighted by Crippen LogP contribution is -1.92. The maximum absolute atomic E-state index is 13.2. The van der Waals surface area contributed by atoms with Crippen LogP contribution in [0.1, 0.15) is 15.9 Å². The summed E-state index contributed by atoms with van der Waals surface area (Å²) in [5, 5.41) is 8.31. The summed E-state index contributed by atoms with van der Waals surface area (Å²) in [5.74, 6) is -1.87. The van der Waals surface area contributed by atoms with Gasteiger partial charge in [0, 0.05) is 11.6 Å². The zero-order valence-corrected chi connectivity index (χ0v) is 7.11. The minimum absolute atomic E-state index is 0.0806. The third-order valence-electron chi connectivity index (χ3n) is 1.59. The van der Waals surface area contributed by atoms with Crippen molar-refractivity contribution in [2.75, 3.05) is 0 Å². The summed E-state index contributed by atoms with van der Waals surface area (Å²) in [5.41, 5.74) is -0.00506. The molecule has 1 aromatic carbocycles. The number of carboxylic acid groups (broad SMARTS) is 1. The van der Waals surface area contributed by atoms with Crippen LogP contribution in [0, 0.1) is 5.82 Å². The maximum Gasteiger partial charge on any atom is 0.328 e. The van der Waals surface area contributed by atoms with Gasteiger partial charge in [0.1, 0.15) is 5.82 Å². The number of carbonyl (C=O) groups is 2. The van der Waals surface area contributed by atoms with E-state index in [9.17, 15) is 14.0 Å². The molecule has 1 rings (SSSR count). The van der Waals surface area contributed by atoms with E-state index in [2.05, 4.69) is 0 Å². The van der Waals surface area contributed by atoms with Gasteiger partial charge >= 0.3 is 5.97 Å². The third-order valence-corrected chi connectivity index (χ3v) is 1.59. The molecule has 0 spiro atoms. The van der Waals surface area contributed by atoms with E-state index in [0.29, 0.717) is 6.29 Å². The molecule has 0 aliphatic rings. The molecule has 4 heteroatoms. The maximum atomic E-state index is 13.2. The molecule has 72 valence electrons. The second-order valence-corrected chi connectivity index (χ2v) is 2.54. The van der Waals surface area contributed by atoms with Crippen LogP contribution in [0.25, 0.3) is 6.08 Å². The fourth-order valence-corrected chi connectivity index (χ4v) is 0.949. The molecular formula is C10H7FO3. The number of hydrogen-bond donors (Lipinski definition) is 1. The Labute approximate surface area is 79.5 Å². The van der Waals surface area contributed by atoms with Crippen LogP contribution in [0.3, 0.4) is 0 Å². The number of hydrogen-bond acceptors (Lipinski definition) is 2. The SMILES string of the molecule is O=Cc1cccc(C=CC(=O)O)c1F. The molecule has 14 heavy (non-hydrogen) atoms. The molecule has 1 aromatic rings. The van der Waals surface area contributed by atoms with E-state index < -0.39 is 11.8 Å². The fourth-order valence-electron chi connectivity index (χ4n) is 0.949. The second kappa shape index (κ2) is 4.32. The highest BCUT2D eigenvalue weighted by molar-refractivity contribution is 5.86. The van der Waals surface area contributed by atoms with Crippen molar-refractivity contribution in [1.29, 1.82) is 0 Å². The average molecular weight is 194 g/mol. The summed E-state index contributed by atoms with van der Waals surface area (Å²) in [4.78, 5) is 20.5. The zero-order chi connectivity index (χ0) is 10.6. The smallest absolute Gasteiger partial charge is 0.328 e. The van der Waals surface area contributed by atoms with Gasteiger partial charge in [0.15, 0.2) is 6.29 Å². The van der Waals surface area contributed by atoms with Gasteiger partial charge in [-0.3, -0.25) is 4.79 Å². The normalized spacial score (nSPS) is 10.4. The van der Waals surface area contributed by atoms with Gasteiger partial charge < -0.3 is 5.11 Å². The summed E-state index contributed by atoms with van der Waals surface area (Å²) < 4.78 is 13.2. The molecule has 0 heterocycles. The van der Waals surface area contributed by atoms with Crippen molar-refractivity contribution in [3.63, 3.8) is 0 Å². The van der Waals surface area contributed by atoms with Gasteiger partial charge in [-0.05, 0) is 12.1 Å². The first-order valence-corrected chi connectivity index (χ1v) is 3.80. The Morgan fingerprint density at radius 2 is 2.00 bits per heavy atom. The Kier molecular flexibility index (Phi) is 3.12. The van der Waals surface area contributed by atoms with Crippen molar-refractivity contribution in [1.82, 2.24) is 0 Å². The molecule has 0 saturated carbocycles. The Morgan fingerprint density at radius 3 is 2.57 bits per heavy atom. The number of carboxylic acids is 1. The molecule has 0 aromatic heterocycles. The summed E-state index contributed by atoms with van der Waals surface area (Å²) in [6.45, 7) is 0. The van der Waals surface area contributed by atoms with Crippen LogP contribution in [0.4, 0.5) is 4.39 Å². The highest BCUT2D eigenvalue weighted by atomic mass is 19.1. The molecule has 0 radical (unpaired) electrons. The predicted molar refractivity (Wildman–Crippen MR) is 48.5 cm³/mol. The molecule has 0 saturated heterocycles. The van der Waals surface area contributed by atoms with Gasteiger partial charge in [0.2, 0.25) is 0 Å². The van der Waals surface area contributed by atoms with Gasteiger partial charge in [0.25, 0.3) is 0 Å². The Morgan fingerprint density at radius 1 is 1.36 bits per heavy atom. The molecule has 1 N–H and O–H groups in total. The molecule has 3 nitrogen and oxygen atoms in total. The van der Waals surface area contributed by atoms with Crippen LogP contribution in [0.5, 0.6) is 0 Å². The van der Waals surface area contributed by atoms with Crippen molar-refractivity contribution >= 4 is 18.3 Å². The number of rotatable bonds is 3. The van der Waals surface area contributed by atoms with Gasteiger partial charge in [0.05, 0.1) is 5.56 Å². The van der Waals surface area contributed by atoms with Gasteiger partial charge in [-0.15, -0.1) is 0 Å². The first-order chi connectivity index (χ1) is 6.65. The van der Waals surface area contributed by atoms with Crippen LogP contribution >= 0.6 is 0 Å². The fraction of sp³-hybridized carbons (Fsp3) is 0. The molecule has 0 aliphatic carbocycles. The van der Waals surface area contributed by atoms with Crippen LogP contribution in [-0.4, -0.2) is 17.4 Å². The standard InChI is InChI=1S/C10H7FO3/c11-10-7(4-5-9(13)14)2-1-3-8(10)6-12/h1-6H,(H,13,14). The first kappa shape index (κ1) is 10.1. The molecule has 0 aliphatic heterocycles. The minimum Gasteiger partial charge on any atom is -0.478 e. The molecular weight excluding hydrogens is 187 g/mol. The highest BCUT2D eigenvalue weighted by Crippen LogP contribution is 2.12. The number of halogens is 1. The summed E-state index contributed by atoms with van der Waals surface area (Å²) >= 11 is 0. The predicted octanol–water partition coefficient (Wildman–Crippen LogP) is 1.74. The number of aliphatic carboxylic acids is 1. The van der Waals surface area contributed by atoms with Crippen molar-refractivity contribution in [3.05, 3.63) is 41.2 Å². The summed E-state index contributed by atoms with van der Waals surface area (Å²) in [6.07, 6.45) is 2.30. The number of carbonyl (C=O) groups excluding carboxylic acids is 1. The van der Waals surface area contributed by atoms with Crippen molar-refractivity contribution in [3.8, 4) is 0 Å². The molecule has 0 amide bonds. The van der Waals surface area contributed by atoms with Gasteiger partial charge in [-0.25, -0.2) is 9.18 Å². The van der Waals surface area contributed by atoms with Crippen molar-refractivity contribution in [2.45, 2.75) is 0 Å². The lowest BCUT2D eigenvalue weighted by molar-refractivity contribution is -0.131. The average Bonchev–Trinajstić information content (AvgIpc) is 2.16. The monoisotopic (exact) mass is 194 g/mol. The van der Waals surface area contributed by atoms with E-state index in [1.54, 1.807) is 0 Å².